The molecule has 0 aliphatic rings. The first-order valence-corrected chi connectivity index (χ1v) is 14.2. The SMILES string of the molecule is Nc1nc(CCc2cccc(-c3ccco3)c2)cc(=O)n1CC[As]Cc1ccc(OCCO)cc1. The van der Waals surface area contributed by atoms with Crippen LogP contribution in [0.1, 0.15) is 16.8 Å². The summed E-state index contributed by atoms with van der Waals surface area (Å²) in [6, 6.07) is 21.5. The summed E-state index contributed by atoms with van der Waals surface area (Å²) in [5.41, 5.74) is 10.2. The number of aromatic nitrogens is 2. The van der Waals surface area contributed by atoms with Gasteiger partial charge in [0.15, 0.2) is 0 Å². The summed E-state index contributed by atoms with van der Waals surface area (Å²) >= 11 is 0.0321. The molecule has 0 saturated heterocycles. The number of nitrogens with zero attached hydrogens (tertiary/aromatic N) is 2. The predicted octanol–water partition coefficient (Wildman–Crippen LogP) is 3.56. The molecule has 4 rings (SSSR count). The first kappa shape index (κ1) is 24.8. The van der Waals surface area contributed by atoms with Crippen molar-refractivity contribution in [3.63, 3.8) is 0 Å². The van der Waals surface area contributed by atoms with E-state index < -0.39 is 0 Å². The van der Waals surface area contributed by atoms with Gasteiger partial charge in [0.25, 0.3) is 0 Å². The van der Waals surface area contributed by atoms with Crippen molar-refractivity contribution in [2.75, 3.05) is 18.9 Å². The van der Waals surface area contributed by atoms with Crippen LogP contribution in [0.4, 0.5) is 5.95 Å². The maximum atomic E-state index is 12.7. The molecule has 8 heteroatoms. The number of nitrogens with two attached hydrogens (primary N) is 1. The molecule has 0 spiro atoms. The van der Waals surface area contributed by atoms with Crippen molar-refractivity contribution in [2.45, 2.75) is 29.8 Å². The van der Waals surface area contributed by atoms with Gasteiger partial charge >= 0.3 is 189 Å². The molecule has 0 unspecified atom stereocenters. The fourth-order valence-electron chi connectivity index (χ4n) is 3.75. The first-order valence-electron chi connectivity index (χ1n) is 11.6. The standard InChI is InChI=1S/C27H29AsN3O4/c29-27-30-23(9-6-20-3-1-4-22(17-20)25-5-2-15-35-25)18-26(33)31(27)13-12-28-19-21-7-10-24(11-8-21)34-16-14-32/h1-5,7-8,10-11,15,17-18,32H,6,9,12-14,16,19H2,(H2,29,30). The Morgan fingerprint density at radius 3 is 2.63 bits per heavy atom. The van der Waals surface area contributed by atoms with Crippen LogP contribution in [0.2, 0.25) is 5.21 Å². The molecule has 0 fully saturated rings. The fourth-order valence-corrected chi connectivity index (χ4v) is 5.79. The van der Waals surface area contributed by atoms with Crippen LogP contribution in [-0.2, 0) is 24.6 Å². The molecule has 3 N–H and O–H groups in total. The zero-order valence-corrected chi connectivity index (χ0v) is 21.3. The summed E-state index contributed by atoms with van der Waals surface area (Å²) in [6.07, 6.45) is 3.07. The normalized spacial score (nSPS) is 11.3. The van der Waals surface area contributed by atoms with E-state index in [1.54, 1.807) is 16.9 Å². The molecule has 0 aliphatic carbocycles. The number of rotatable bonds is 12. The van der Waals surface area contributed by atoms with Crippen molar-refractivity contribution in [1.29, 1.82) is 0 Å². The molecule has 0 amide bonds. The van der Waals surface area contributed by atoms with Crippen LogP contribution in [0.3, 0.4) is 0 Å². The summed E-state index contributed by atoms with van der Waals surface area (Å²) in [5, 5.41) is 10.7. The Kier molecular flexibility index (Phi) is 8.82. The zero-order valence-electron chi connectivity index (χ0n) is 19.5. The summed E-state index contributed by atoms with van der Waals surface area (Å²) in [5.74, 6) is 1.88. The number of aliphatic hydroxyl groups is 1. The summed E-state index contributed by atoms with van der Waals surface area (Å²) < 4.78 is 12.4. The quantitative estimate of drug-likeness (QED) is 0.213. The Bertz CT molecular complexity index is 1270. The Morgan fingerprint density at radius 2 is 1.89 bits per heavy atom. The minimum absolute atomic E-state index is 0.00509. The van der Waals surface area contributed by atoms with Gasteiger partial charge in [-0.3, -0.25) is 0 Å². The van der Waals surface area contributed by atoms with E-state index in [4.69, 9.17) is 20.0 Å². The van der Waals surface area contributed by atoms with Gasteiger partial charge in [0.05, 0.1) is 6.26 Å². The predicted molar refractivity (Wildman–Crippen MR) is 138 cm³/mol. The number of nitrogen functional groups attached to an aromatic ring is 1. The van der Waals surface area contributed by atoms with E-state index in [0.717, 1.165) is 39.5 Å². The van der Waals surface area contributed by atoms with Crippen LogP contribution in [0.15, 0.2) is 82.2 Å². The molecule has 4 aromatic rings. The third kappa shape index (κ3) is 7.10. The molecule has 0 atom stereocenters. The van der Waals surface area contributed by atoms with Crippen LogP contribution < -0.4 is 16.0 Å². The van der Waals surface area contributed by atoms with Gasteiger partial charge in [-0.15, -0.1) is 0 Å². The van der Waals surface area contributed by atoms with E-state index in [1.165, 1.54) is 5.56 Å². The summed E-state index contributed by atoms with van der Waals surface area (Å²) in [6.45, 7) is 0.888. The number of anilines is 1. The molecule has 35 heavy (non-hydrogen) atoms. The Labute approximate surface area is 211 Å². The molecule has 2 aromatic carbocycles. The Hall–Kier alpha value is -3.28. The molecular weight excluding hydrogens is 505 g/mol. The van der Waals surface area contributed by atoms with Crippen molar-refractivity contribution in [3.05, 3.63) is 100 Å². The molecule has 0 bridgehead atoms. The van der Waals surface area contributed by atoms with E-state index in [2.05, 4.69) is 17.1 Å². The number of aryl methyl sites for hydroxylation is 2. The summed E-state index contributed by atoms with van der Waals surface area (Å²) in [4.78, 5) is 17.2. The van der Waals surface area contributed by atoms with Crippen LogP contribution in [0.5, 0.6) is 5.75 Å². The monoisotopic (exact) mass is 534 g/mol. The first-order chi connectivity index (χ1) is 17.1. The van der Waals surface area contributed by atoms with Crippen molar-refractivity contribution >= 4 is 21.7 Å². The maximum absolute atomic E-state index is 12.7. The van der Waals surface area contributed by atoms with Gasteiger partial charge in [0.1, 0.15) is 0 Å². The van der Waals surface area contributed by atoms with Crippen molar-refractivity contribution in [1.82, 2.24) is 9.55 Å². The molecule has 0 saturated carbocycles. The topological polar surface area (TPSA) is 104 Å². The Balaban J connectivity index is 1.28. The number of furan rings is 1. The molecular formula is C27H29AsN3O4. The van der Waals surface area contributed by atoms with E-state index in [1.807, 2.05) is 48.5 Å². The van der Waals surface area contributed by atoms with Crippen molar-refractivity contribution in [2.24, 2.45) is 0 Å². The van der Waals surface area contributed by atoms with Crippen LogP contribution in [0.25, 0.3) is 11.3 Å². The van der Waals surface area contributed by atoms with Crippen LogP contribution >= 0.6 is 0 Å². The second-order valence-electron chi connectivity index (χ2n) is 8.09. The molecule has 7 nitrogen and oxygen atoms in total. The average Bonchev–Trinajstić information content (AvgIpc) is 3.41. The molecule has 2 heterocycles. The number of hydrogen-bond donors (Lipinski definition) is 2. The van der Waals surface area contributed by atoms with Gasteiger partial charge in [-0.25, -0.2) is 0 Å². The molecule has 1 radical (unpaired) electrons. The van der Waals surface area contributed by atoms with Crippen molar-refractivity contribution in [3.8, 4) is 17.1 Å². The summed E-state index contributed by atoms with van der Waals surface area (Å²) in [7, 11) is 0. The second kappa shape index (κ2) is 12.4. The van der Waals surface area contributed by atoms with Crippen molar-refractivity contribution < 1.29 is 14.3 Å². The van der Waals surface area contributed by atoms with Gasteiger partial charge in [0.2, 0.25) is 0 Å². The van der Waals surface area contributed by atoms with E-state index in [9.17, 15) is 4.79 Å². The van der Waals surface area contributed by atoms with Gasteiger partial charge in [-0.05, 0) is 12.1 Å². The van der Waals surface area contributed by atoms with Gasteiger partial charge in [0, 0.05) is 0 Å². The minimum atomic E-state index is -0.0941. The third-order valence-corrected chi connectivity index (χ3v) is 7.87. The van der Waals surface area contributed by atoms with E-state index in [0.29, 0.717) is 25.3 Å². The van der Waals surface area contributed by atoms with E-state index in [-0.39, 0.29) is 33.9 Å². The second-order valence-corrected chi connectivity index (χ2v) is 10.6. The zero-order chi connectivity index (χ0) is 24.5. The average molecular weight is 534 g/mol. The molecule has 0 aliphatic heterocycles. The molecule has 181 valence electrons. The molecule has 2 aromatic heterocycles. The third-order valence-electron chi connectivity index (χ3n) is 5.55. The van der Waals surface area contributed by atoms with Gasteiger partial charge in [-0.1, -0.05) is 0 Å². The van der Waals surface area contributed by atoms with E-state index >= 15 is 0 Å². The van der Waals surface area contributed by atoms with Gasteiger partial charge < -0.3 is 4.42 Å². The number of aliphatic hydroxyl groups excluding tert-OH is 1. The number of ether oxygens (including phenoxy) is 1. The van der Waals surface area contributed by atoms with Crippen LogP contribution in [0, 0.1) is 0 Å². The number of benzene rings is 2. The fraction of sp³-hybridized carbons (Fsp3) is 0.259. The van der Waals surface area contributed by atoms with Crippen LogP contribution in [-0.4, -0.2) is 43.6 Å². The Morgan fingerprint density at radius 1 is 1.03 bits per heavy atom. The number of hydrogen-bond acceptors (Lipinski definition) is 6. The van der Waals surface area contributed by atoms with Gasteiger partial charge in [-0.2, -0.15) is 0 Å².